The number of rotatable bonds is 30. The molecule has 4 fully saturated rings. The summed E-state index contributed by atoms with van der Waals surface area (Å²) in [6.07, 6.45) is 17.7. The zero-order valence-electron chi connectivity index (χ0n) is 74.3. The quantitative estimate of drug-likeness (QED) is 0.00971. The van der Waals surface area contributed by atoms with Gasteiger partial charge in [-0.2, -0.15) is 10.1 Å². The van der Waals surface area contributed by atoms with Gasteiger partial charge in [0.1, 0.15) is 53.5 Å². The Hall–Kier alpha value is -10.0. The minimum absolute atomic E-state index is 0.0192. The number of carbonyl (C=O) groups is 6. The van der Waals surface area contributed by atoms with Crippen molar-refractivity contribution in [3.63, 3.8) is 0 Å². The maximum Gasteiger partial charge on any atom is 0.329 e. The first-order valence-electron chi connectivity index (χ1n) is 44.7. The number of ketones is 3. The number of fused-ring (bicyclic) bond motifs is 5. The van der Waals surface area contributed by atoms with Gasteiger partial charge in [-0.3, -0.25) is 28.9 Å². The second-order valence-electron chi connectivity index (χ2n) is 34.5. The van der Waals surface area contributed by atoms with Crippen molar-refractivity contribution in [2.45, 2.75) is 225 Å². The molecule has 7 aromatic rings. The van der Waals surface area contributed by atoms with Crippen LogP contribution in [0.1, 0.15) is 149 Å². The number of methoxy groups -OCH3 is 2. The molecular weight excluding hydrogens is 1630 g/mol. The monoisotopic (exact) mass is 1760 g/mol. The Balaban J connectivity index is 0.553. The van der Waals surface area contributed by atoms with Crippen LogP contribution in [0.25, 0.3) is 44.5 Å². The predicted molar refractivity (Wildman–Crippen MR) is 473 cm³/mol. The van der Waals surface area contributed by atoms with Gasteiger partial charge in [0.15, 0.2) is 17.0 Å². The van der Waals surface area contributed by atoms with E-state index in [9.17, 15) is 44.1 Å². The maximum absolute atomic E-state index is 14.8. The Bertz CT molecular complexity index is 4950. The molecule has 15 atom stereocenters. The number of Topliss-reactive ketones (excluding diaryl/α,β-unsaturated/α-hetero) is 3. The van der Waals surface area contributed by atoms with Gasteiger partial charge in [-0.15, -0.1) is 5.10 Å². The zero-order chi connectivity index (χ0) is 90.3. The summed E-state index contributed by atoms with van der Waals surface area (Å²) in [6.45, 7) is 18.2. The number of piperidine rings is 1. The van der Waals surface area contributed by atoms with Gasteiger partial charge in [-0.1, -0.05) is 87.6 Å². The summed E-state index contributed by atoms with van der Waals surface area (Å²) < 4.78 is 57.3. The van der Waals surface area contributed by atoms with E-state index >= 15 is 0 Å². The number of nitrogen functional groups attached to an aromatic ring is 2. The number of aromatic nitrogens is 10. The van der Waals surface area contributed by atoms with Crippen molar-refractivity contribution in [1.82, 2.24) is 64.8 Å². The smallest absolute Gasteiger partial charge is 0.329 e. The summed E-state index contributed by atoms with van der Waals surface area (Å²) in [5, 5.41) is 52.0. The lowest BCUT2D eigenvalue weighted by molar-refractivity contribution is -0.265. The van der Waals surface area contributed by atoms with Gasteiger partial charge in [0, 0.05) is 139 Å². The number of aliphatic hydroxyl groups excluding tert-OH is 2. The second-order valence-corrected chi connectivity index (χ2v) is 34.5. The molecule has 2 bridgehead atoms. The molecule has 127 heavy (non-hydrogen) atoms. The standard InChI is InChI=1S/C92H127N17O18/c1-57-17-10-9-11-18-58(2)76(119-7)49-69-25-22-62(6)92(118,127-69)85(115)88(116)108-30-14-12-21-72(108)89(117)125-77(50-73(110)59(3)44-61(5)83(113)84(114)82(112)60(4)43-57)70(93)46-63-23-26-75(78(47-63)120-8)124-55-64-19-16-20-65(45-64)67-51-97-91(98-52-67)106-34-32-105(33-35-106)53-68-54-107(104-102-68)36-38-122-40-42-123-41-39-121-37-28-79(111)96-29-13-15-31-109-87-80(86(94)99-56-100-87)81(103-109)66-24-27-74-71(48-66)101-90(95)126-74/h9-11,16-20,24,27,44-45,48,51-52,54,56-57,59-60,62-63,69-70,72,75-78,83-84,113-114,118H,12-15,21-23,25-26,28-43,46-47,49-50,53,55,93H2,1-8H3,(H2,95,101)(H,96,111)(H2,94,99,100)/b11-9+,17-10+,58-18+,61-44+/t57-,59-,60-,62-,63+,69+,70-,72+,75-,76+,77?,78-,83-,84+,92-/m1/s1. The number of aliphatic hydroxyl groups is 3. The lowest BCUT2D eigenvalue weighted by Crippen LogP contribution is -2.61. The molecule has 2 aromatic carbocycles. The van der Waals surface area contributed by atoms with Crippen LogP contribution in [0, 0.1) is 29.6 Å². The third kappa shape index (κ3) is 25.9. The minimum atomic E-state index is -2.50. The number of aryl methyl sites for hydroxylation is 1. The number of hydrogen-bond donors (Lipinski definition) is 7. The van der Waals surface area contributed by atoms with Crippen LogP contribution in [0.4, 0.5) is 17.8 Å². The molecule has 4 aliphatic heterocycles. The Morgan fingerprint density at radius 2 is 1.54 bits per heavy atom. The number of hydrogen-bond acceptors (Lipinski definition) is 31. The number of nitrogens with one attached hydrogen (secondary N) is 1. The topological polar surface area (TPSA) is 463 Å². The first kappa shape index (κ1) is 96.1. The molecule has 5 aromatic heterocycles. The number of cyclic esters (lactones) is 1. The number of benzene rings is 2. The third-order valence-electron chi connectivity index (χ3n) is 25.0. The third-order valence-corrected chi connectivity index (χ3v) is 25.0. The van der Waals surface area contributed by atoms with Crippen LogP contribution in [-0.2, 0) is 92.9 Å². The number of allylic oxidation sites excluding steroid dienone is 6. The van der Waals surface area contributed by atoms with E-state index in [4.69, 9.17) is 74.6 Å². The Labute approximate surface area is 740 Å². The molecule has 35 heteroatoms. The molecule has 9 heterocycles. The van der Waals surface area contributed by atoms with E-state index in [0.29, 0.717) is 163 Å². The van der Waals surface area contributed by atoms with Gasteiger partial charge in [0.2, 0.25) is 17.6 Å². The van der Waals surface area contributed by atoms with Crippen LogP contribution >= 0.6 is 0 Å². The number of nitrogens with zero attached hydrogens (tertiary/aromatic N) is 13. The molecule has 1 aliphatic carbocycles. The van der Waals surface area contributed by atoms with E-state index in [2.05, 4.69) is 46.4 Å². The number of unbranched alkanes of at least 4 members (excludes halogenated alkanes) is 1. The Morgan fingerprint density at radius 3 is 2.31 bits per heavy atom. The Morgan fingerprint density at radius 1 is 0.764 bits per heavy atom. The molecular formula is C92H127N17O18. The number of esters is 1. The average molecular weight is 1760 g/mol. The molecule has 0 spiro atoms. The second kappa shape index (κ2) is 46.3. The van der Waals surface area contributed by atoms with Crippen LogP contribution in [-0.4, -0.2) is 264 Å². The molecule has 0 radical (unpaired) electrons. The van der Waals surface area contributed by atoms with E-state index in [1.165, 1.54) is 19.3 Å². The number of piperazine rings is 1. The lowest BCUT2D eigenvalue weighted by Gasteiger charge is -2.42. The van der Waals surface area contributed by atoms with Gasteiger partial charge < -0.3 is 89.9 Å². The predicted octanol–water partition coefficient (Wildman–Crippen LogP) is 7.96. The summed E-state index contributed by atoms with van der Waals surface area (Å²) in [5.74, 6) is -8.11. The fourth-order valence-corrected chi connectivity index (χ4v) is 17.4. The molecule has 10 N–H and O–H groups in total. The van der Waals surface area contributed by atoms with Crippen LogP contribution in [0.5, 0.6) is 0 Å². The van der Waals surface area contributed by atoms with Crippen LogP contribution in [0.2, 0.25) is 0 Å². The first-order chi connectivity index (χ1) is 61.2. The fraction of sp³-hybridized carbons (Fsp3) is 0.587. The van der Waals surface area contributed by atoms with Crippen molar-refractivity contribution in [2.24, 2.45) is 35.3 Å². The largest absolute Gasteiger partial charge is 0.459 e. The number of nitrogens with two attached hydrogens (primary N) is 3. The minimum Gasteiger partial charge on any atom is -0.459 e. The molecule has 3 saturated heterocycles. The van der Waals surface area contributed by atoms with Crippen LogP contribution in [0.15, 0.2) is 119 Å². The van der Waals surface area contributed by atoms with Crippen molar-refractivity contribution >= 4 is 75.0 Å². The van der Waals surface area contributed by atoms with Gasteiger partial charge in [0.05, 0.1) is 88.3 Å². The molecule has 12 rings (SSSR count). The van der Waals surface area contributed by atoms with Crippen molar-refractivity contribution in [3.8, 4) is 22.4 Å². The normalized spacial score (nSPS) is 27.4. The highest BCUT2D eigenvalue weighted by molar-refractivity contribution is 6.39. The van der Waals surface area contributed by atoms with Gasteiger partial charge in [0.25, 0.3) is 17.7 Å². The van der Waals surface area contributed by atoms with E-state index < -0.39 is 95.4 Å². The molecule has 5 aliphatic rings. The number of oxazole rings is 1. The van der Waals surface area contributed by atoms with Crippen LogP contribution < -0.4 is 27.4 Å². The fourth-order valence-electron chi connectivity index (χ4n) is 17.4. The first-order valence-corrected chi connectivity index (χ1v) is 44.7. The van der Waals surface area contributed by atoms with E-state index in [-0.39, 0.29) is 80.4 Å². The molecule has 1 unspecified atom stereocenters. The molecule has 688 valence electrons. The molecule has 35 nitrogen and oxygen atoms in total. The number of carbonyl (C=O) groups excluding carboxylic acids is 6. The van der Waals surface area contributed by atoms with Crippen molar-refractivity contribution < 1.29 is 86.4 Å². The summed E-state index contributed by atoms with van der Waals surface area (Å²) in [5.41, 5.74) is 27.0. The van der Waals surface area contributed by atoms with Gasteiger partial charge >= 0.3 is 5.97 Å². The van der Waals surface area contributed by atoms with Crippen molar-refractivity contribution in [2.75, 3.05) is 109 Å². The van der Waals surface area contributed by atoms with E-state index in [0.717, 1.165) is 77.4 Å². The number of amides is 2. The van der Waals surface area contributed by atoms with E-state index in [1.54, 1.807) is 50.4 Å². The van der Waals surface area contributed by atoms with Crippen LogP contribution in [0.3, 0.4) is 0 Å². The lowest BCUT2D eigenvalue weighted by atomic mass is 9.80. The summed E-state index contributed by atoms with van der Waals surface area (Å²) in [4.78, 5) is 113. The summed E-state index contributed by atoms with van der Waals surface area (Å²) in [6, 6.07) is 11.5. The highest BCUT2D eigenvalue weighted by Crippen LogP contribution is 2.39. The van der Waals surface area contributed by atoms with Gasteiger partial charge in [-0.05, 0) is 149 Å². The SMILES string of the molecule is CO[C@H]1C[C@@H]2CC[C@@H](C)[C@@](O)(O2)C(=O)C(=O)N2CCCC[C@H]2C(=O)OC([C@H](N)C[C@@H]2CC[C@@H](OCc3cccc(-c4cnc(N5CCN(Cc6cn(CCOCCOCCOCCC(=O)NCCCCn7nc(-c8ccc9oc(N)nc9c8)c8c(N)ncnc87)nn6)CC5)nc4)c3)[C@H](OC)C2)CC(=O)[C@H](C)/C=C(\C)[C@@H](O)[C@@H](O)C(=O)[C@H](C)C[C@H](C)/C=C/C=C/C=C/1C. The molecule has 1 saturated carbocycles. The van der Waals surface area contributed by atoms with Gasteiger partial charge in [-0.25, -0.2) is 34.1 Å². The summed E-state index contributed by atoms with van der Waals surface area (Å²) in [7, 11) is 3.20. The highest BCUT2D eigenvalue weighted by Gasteiger charge is 2.53. The molecule has 2 amide bonds. The van der Waals surface area contributed by atoms with E-state index in [1.807, 2.05) is 93.1 Å². The number of anilines is 3. The van der Waals surface area contributed by atoms with Crippen molar-refractivity contribution in [3.05, 3.63) is 126 Å². The summed E-state index contributed by atoms with van der Waals surface area (Å²) >= 11 is 0. The average Bonchev–Trinajstić information content (AvgIpc) is 1.61. The van der Waals surface area contributed by atoms with Crippen molar-refractivity contribution in [1.29, 1.82) is 0 Å². The Kier molecular flexibility index (Phi) is 35.0. The maximum atomic E-state index is 14.8. The highest BCUT2D eigenvalue weighted by atomic mass is 16.6. The zero-order valence-corrected chi connectivity index (χ0v) is 74.3. The number of ether oxygens (including phenoxy) is 8.